The van der Waals surface area contributed by atoms with E-state index in [9.17, 15) is 0 Å². The van der Waals surface area contributed by atoms with Gasteiger partial charge in [-0.1, -0.05) is 30.3 Å². The molecule has 1 N–H and O–H groups in total. The molecular weight excluding hydrogens is 292 g/mol. The number of aromatic nitrogens is 3. The maximum atomic E-state index is 4.72. The van der Waals surface area contributed by atoms with Gasteiger partial charge in [-0.3, -0.25) is 4.68 Å². The summed E-state index contributed by atoms with van der Waals surface area (Å²) in [5.41, 5.74) is 3.74. The Balaban J connectivity index is 1.46. The molecule has 1 aliphatic rings. The fraction of sp³-hybridized carbons (Fsp3) is 0.294. The Bertz CT molecular complexity index is 771. The van der Waals surface area contributed by atoms with Crippen LogP contribution in [-0.4, -0.2) is 14.8 Å². The number of hydrogen-bond donors (Lipinski definition) is 1. The van der Waals surface area contributed by atoms with E-state index in [1.165, 1.54) is 18.4 Å². The van der Waals surface area contributed by atoms with Crippen molar-refractivity contribution in [2.24, 2.45) is 7.05 Å². The lowest BCUT2D eigenvalue weighted by molar-refractivity contribution is 0.514. The maximum absolute atomic E-state index is 4.72. The van der Waals surface area contributed by atoms with E-state index in [0.29, 0.717) is 0 Å². The quantitative estimate of drug-likeness (QED) is 0.786. The number of rotatable bonds is 5. The first kappa shape index (κ1) is 13.7. The Morgan fingerprint density at radius 2 is 2.09 bits per heavy atom. The van der Waals surface area contributed by atoms with Crippen LogP contribution < -0.4 is 5.32 Å². The Labute approximate surface area is 133 Å². The Hall–Kier alpha value is -1.98. The van der Waals surface area contributed by atoms with Crippen LogP contribution in [0.2, 0.25) is 0 Å². The molecule has 1 aliphatic carbocycles. The highest BCUT2D eigenvalue weighted by Gasteiger charge is 2.43. The van der Waals surface area contributed by atoms with Crippen molar-refractivity contribution < 1.29 is 0 Å². The van der Waals surface area contributed by atoms with Gasteiger partial charge < -0.3 is 5.32 Å². The summed E-state index contributed by atoms with van der Waals surface area (Å²) in [6.45, 7) is 0.811. The first-order valence-corrected chi connectivity index (χ1v) is 8.37. The first-order valence-electron chi connectivity index (χ1n) is 7.49. The second kappa shape index (κ2) is 5.34. The minimum atomic E-state index is 0.166. The molecular formula is C17H18N4S. The van der Waals surface area contributed by atoms with E-state index in [1.807, 2.05) is 24.1 Å². The minimum absolute atomic E-state index is 0.166. The minimum Gasteiger partial charge on any atom is -0.302 e. The van der Waals surface area contributed by atoms with Crippen LogP contribution in [0.3, 0.4) is 0 Å². The second-order valence-electron chi connectivity index (χ2n) is 5.85. The van der Waals surface area contributed by atoms with E-state index in [1.54, 1.807) is 11.3 Å². The highest BCUT2D eigenvalue weighted by Crippen LogP contribution is 2.45. The highest BCUT2D eigenvalue weighted by atomic mass is 32.1. The third-order valence-corrected chi connectivity index (χ3v) is 5.13. The van der Waals surface area contributed by atoms with Crippen LogP contribution in [0.4, 0.5) is 0 Å². The van der Waals surface area contributed by atoms with Crippen LogP contribution in [0, 0.1) is 0 Å². The van der Waals surface area contributed by atoms with Crippen LogP contribution in [0.25, 0.3) is 10.6 Å². The second-order valence-corrected chi connectivity index (χ2v) is 6.71. The summed E-state index contributed by atoms with van der Waals surface area (Å²) >= 11 is 1.68. The molecule has 4 rings (SSSR count). The van der Waals surface area contributed by atoms with E-state index in [0.717, 1.165) is 22.8 Å². The predicted molar refractivity (Wildman–Crippen MR) is 88.5 cm³/mol. The molecule has 22 heavy (non-hydrogen) atoms. The average molecular weight is 310 g/mol. The van der Waals surface area contributed by atoms with E-state index >= 15 is 0 Å². The predicted octanol–water partition coefficient (Wildman–Crippen LogP) is 3.32. The van der Waals surface area contributed by atoms with Crippen LogP contribution in [0.1, 0.15) is 24.1 Å². The van der Waals surface area contributed by atoms with Crippen LogP contribution >= 0.6 is 11.3 Å². The molecule has 1 fully saturated rings. The number of nitrogens with one attached hydrogen (secondary N) is 1. The molecule has 112 valence electrons. The van der Waals surface area contributed by atoms with E-state index in [4.69, 9.17) is 4.98 Å². The number of thiazole rings is 1. The number of aryl methyl sites for hydroxylation is 1. The molecule has 1 aromatic carbocycles. The van der Waals surface area contributed by atoms with Crippen LogP contribution in [0.15, 0.2) is 48.1 Å². The zero-order valence-electron chi connectivity index (χ0n) is 12.5. The Kier molecular flexibility index (Phi) is 3.32. The number of benzene rings is 1. The molecule has 0 spiro atoms. The lowest BCUT2D eigenvalue weighted by atomic mass is 10.1. The summed E-state index contributed by atoms with van der Waals surface area (Å²) in [7, 11) is 1.93. The van der Waals surface area contributed by atoms with Gasteiger partial charge in [0.15, 0.2) is 0 Å². The maximum Gasteiger partial charge on any atom is 0.126 e. The monoisotopic (exact) mass is 310 g/mol. The van der Waals surface area contributed by atoms with Gasteiger partial charge in [0.1, 0.15) is 5.01 Å². The zero-order chi connectivity index (χ0) is 15.0. The summed E-state index contributed by atoms with van der Waals surface area (Å²) in [5, 5.41) is 11.1. The largest absolute Gasteiger partial charge is 0.302 e. The number of nitrogens with zero attached hydrogens (tertiary/aromatic N) is 3. The van der Waals surface area contributed by atoms with Gasteiger partial charge in [0.25, 0.3) is 0 Å². The van der Waals surface area contributed by atoms with Crippen LogP contribution in [-0.2, 0) is 19.1 Å². The molecule has 0 unspecified atom stereocenters. The molecule has 0 bridgehead atoms. The molecule has 0 aliphatic heterocycles. The summed E-state index contributed by atoms with van der Waals surface area (Å²) < 4.78 is 1.81. The lowest BCUT2D eigenvalue weighted by Gasteiger charge is -2.17. The Morgan fingerprint density at radius 1 is 1.27 bits per heavy atom. The molecule has 3 aromatic rings. The van der Waals surface area contributed by atoms with Crippen molar-refractivity contribution in [3.63, 3.8) is 0 Å². The topological polar surface area (TPSA) is 42.7 Å². The smallest absolute Gasteiger partial charge is 0.126 e. The fourth-order valence-electron chi connectivity index (χ4n) is 2.76. The summed E-state index contributed by atoms with van der Waals surface area (Å²) in [6.07, 6.45) is 6.28. The average Bonchev–Trinajstić information content (AvgIpc) is 2.98. The lowest BCUT2D eigenvalue weighted by Crippen LogP contribution is -2.28. The standard InChI is InChI=1S/C17H18N4S/c1-21-11-13(9-19-21)16-20-15(12-22-16)10-18-17(7-8-17)14-5-3-2-4-6-14/h2-6,9,11-12,18H,7-8,10H2,1H3. The molecule has 2 heterocycles. The zero-order valence-corrected chi connectivity index (χ0v) is 13.3. The third-order valence-electron chi connectivity index (χ3n) is 4.19. The van der Waals surface area contributed by atoms with Gasteiger partial charge in [0.2, 0.25) is 0 Å². The molecule has 0 atom stereocenters. The summed E-state index contributed by atoms with van der Waals surface area (Å²) in [6, 6.07) is 10.7. The molecule has 4 nitrogen and oxygen atoms in total. The normalized spacial score (nSPS) is 15.9. The molecule has 0 radical (unpaired) electrons. The van der Waals surface area contributed by atoms with E-state index < -0.39 is 0 Å². The van der Waals surface area contributed by atoms with Crippen molar-refractivity contribution >= 4 is 11.3 Å². The van der Waals surface area contributed by atoms with Crippen LogP contribution in [0.5, 0.6) is 0 Å². The molecule has 1 saturated carbocycles. The van der Waals surface area contributed by atoms with Gasteiger partial charge in [-0.25, -0.2) is 4.98 Å². The SMILES string of the molecule is Cn1cc(-c2nc(CNC3(c4ccccc4)CC3)cs2)cn1. The van der Waals surface area contributed by atoms with Crippen molar-refractivity contribution in [2.45, 2.75) is 24.9 Å². The first-order chi connectivity index (χ1) is 10.8. The van der Waals surface area contributed by atoms with E-state index in [2.05, 4.69) is 46.1 Å². The summed E-state index contributed by atoms with van der Waals surface area (Å²) in [5.74, 6) is 0. The van der Waals surface area contributed by atoms with Crippen molar-refractivity contribution in [3.05, 3.63) is 59.4 Å². The molecule has 5 heteroatoms. The highest BCUT2D eigenvalue weighted by molar-refractivity contribution is 7.13. The van der Waals surface area contributed by atoms with Gasteiger partial charge in [-0.2, -0.15) is 5.10 Å². The van der Waals surface area contributed by atoms with Gasteiger partial charge in [-0.05, 0) is 18.4 Å². The van der Waals surface area contributed by atoms with Crippen molar-refractivity contribution in [1.29, 1.82) is 0 Å². The van der Waals surface area contributed by atoms with E-state index in [-0.39, 0.29) is 5.54 Å². The molecule has 0 amide bonds. The van der Waals surface area contributed by atoms with Crippen molar-refractivity contribution in [1.82, 2.24) is 20.1 Å². The number of hydrogen-bond acceptors (Lipinski definition) is 4. The third kappa shape index (κ3) is 2.58. The molecule has 2 aromatic heterocycles. The summed E-state index contributed by atoms with van der Waals surface area (Å²) in [4.78, 5) is 4.72. The van der Waals surface area contributed by atoms with Gasteiger partial charge in [0.05, 0.1) is 11.9 Å². The van der Waals surface area contributed by atoms with Crippen molar-refractivity contribution in [3.8, 4) is 10.6 Å². The van der Waals surface area contributed by atoms with Gasteiger partial charge in [0, 0.05) is 36.3 Å². The van der Waals surface area contributed by atoms with Gasteiger partial charge >= 0.3 is 0 Å². The Morgan fingerprint density at radius 3 is 2.77 bits per heavy atom. The fourth-order valence-corrected chi connectivity index (χ4v) is 3.56. The van der Waals surface area contributed by atoms with Crippen molar-refractivity contribution in [2.75, 3.05) is 0 Å². The molecule has 0 saturated heterocycles. The van der Waals surface area contributed by atoms with Gasteiger partial charge in [-0.15, -0.1) is 11.3 Å².